The monoisotopic (exact) mass is 405 g/mol. The Morgan fingerprint density at radius 1 is 1.17 bits per heavy atom. The molecule has 2 aromatic carbocycles. The zero-order valence-corrected chi connectivity index (χ0v) is 16.9. The molecule has 0 aliphatic carbocycles. The maximum absolute atomic E-state index is 11.9. The van der Waals surface area contributed by atoms with E-state index in [1.54, 1.807) is 36.5 Å². The van der Waals surface area contributed by atoms with Gasteiger partial charge < -0.3 is 9.13 Å². The predicted molar refractivity (Wildman–Crippen MR) is 110 cm³/mol. The molecule has 2 aromatic heterocycles. The number of rotatable bonds is 5. The summed E-state index contributed by atoms with van der Waals surface area (Å²) in [5.41, 5.74) is 2.97. The summed E-state index contributed by atoms with van der Waals surface area (Å²) in [7, 11) is -3.29. The number of nitriles is 1. The van der Waals surface area contributed by atoms with E-state index in [0.29, 0.717) is 24.2 Å². The van der Waals surface area contributed by atoms with Crippen LogP contribution in [0.15, 0.2) is 59.8 Å². The van der Waals surface area contributed by atoms with E-state index in [9.17, 15) is 8.42 Å². The van der Waals surface area contributed by atoms with Gasteiger partial charge in [0.1, 0.15) is 11.6 Å². The number of hydrogen-bond acceptors (Lipinski definition) is 5. The number of hydrogen-bond donors (Lipinski definition) is 0. The van der Waals surface area contributed by atoms with Gasteiger partial charge >= 0.3 is 0 Å². The molecule has 0 radical (unpaired) electrons. The van der Waals surface area contributed by atoms with E-state index < -0.39 is 9.84 Å². The van der Waals surface area contributed by atoms with Gasteiger partial charge in [-0.25, -0.2) is 18.4 Å². The maximum Gasteiger partial charge on any atom is 0.175 e. The molecule has 0 atom stereocenters. The van der Waals surface area contributed by atoms with Gasteiger partial charge in [-0.2, -0.15) is 5.26 Å². The summed E-state index contributed by atoms with van der Waals surface area (Å²) >= 11 is 0. The smallest absolute Gasteiger partial charge is 0.175 e. The third-order valence-electron chi connectivity index (χ3n) is 4.82. The van der Waals surface area contributed by atoms with Gasteiger partial charge in [0.25, 0.3) is 0 Å². The number of sulfone groups is 1. The Morgan fingerprint density at radius 3 is 2.72 bits per heavy atom. The Labute approximate surface area is 168 Å². The van der Waals surface area contributed by atoms with Crippen LogP contribution < -0.4 is 0 Å². The van der Waals surface area contributed by atoms with E-state index in [1.165, 1.54) is 6.26 Å². The van der Waals surface area contributed by atoms with E-state index in [2.05, 4.69) is 15.6 Å². The predicted octanol–water partition coefficient (Wildman–Crippen LogP) is 3.24. The van der Waals surface area contributed by atoms with Crippen LogP contribution in [0.1, 0.15) is 18.3 Å². The van der Waals surface area contributed by atoms with Crippen molar-refractivity contribution in [2.45, 2.75) is 24.9 Å². The molecule has 4 rings (SSSR count). The fourth-order valence-corrected chi connectivity index (χ4v) is 4.08. The van der Waals surface area contributed by atoms with Crippen LogP contribution in [-0.2, 0) is 22.9 Å². The van der Waals surface area contributed by atoms with Crippen LogP contribution in [0.25, 0.3) is 22.4 Å². The minimum Gasteiger partial charge on any atom is -0.327 e. The highest BCUT2D eigenvalue weighted by Gasteiger charge is 2.15. The summed E-state index contributed by atoms with van der Waals surface area (Å²) < 4.78 is 27.8. The quantitative estimate of drug-likeness (QED) is 0.508. The third kappa shape index (κ3) is 3.52. The highest BCUT2D eigenvalue weighted by Crippen LogP contribution is 2.23. The zero-order valence-electron chi connectivity index (χ0n) is 16.1. The first-order valence-electron chi connectivity index (χ1n) is 9.11. The van der Waals surface area contributed by atoms with Crippen molar-refractivity contribution in [1.82, 2.24) is 19.1 Å². The minimum absolute atomic E-state index is 0.258. The van der Waals surface area contributed by atoms with Gasteiger partial charge in [0, 0.05) is 30.8 Å². The fourth-order valence-electron chi connectivity index (χ4n) is 3.44. The van der Waals surface area contributed by atoms with E-state index in [-0.39, 0.29) is 4.90 Å². The van der Waals surface area contributed by atoms with Gasteiger partial charge in [-0.3, -0.25) is 0 Å². The van der Waals surface area contributed by atoms with E-state index in [4.69, 9.17) is 10.2 Å². The average molecular weight is 405 g/mol. The second-order valence-electron chi connectivity index (χ2n) is 6.77. The SMILES string of the molecule is CCn1c(Cn2ccnc2-c2cccc(C#N)c2)nc2cc(S(C)(=O)=O)ccc21. The summed E-state index contributed by atoms with van der Waals surface area (Å²) in [6.07, 6.45) is 4.78. The molecule has 0 saturated heterocycles. The standard InChI is InChI=1S/C21H19N5O2S/c1-3-26-19-8-7-17(29(2,27)28)12-18(19)24-20(26)14-25-10-9-23-21(25)16-6-4-5-15(11-16)13-22/h4-12H,3,14H2,1-2H3. The topological polar surface area (TPSA) is 93.6 Å². The molecule has 0 amide bonds. The molecule has 29 heavy (non-hydrogen) atoms. The second-order valence-corrected chi connectivity index (χ2v) is 8.78. The molecule has 0 spiro atoms. The molecular weight excluding hydrogens is 386 g/mol. The van der Waals surface area contributed by atoms with Gasteiger partial charge in [0.2, 0.25) is 0 Å². The molecule has 2 heterocycles. The van der Waals surface area contributed by atoms with E-state index in [0.717, 1.165) is 22.7 Å². The Balaban J connectivity index is 1.77. The van der Waals surface area contributed by atoms with Crippen molar-refractivity contribution < 1.29 is 8.42 Å². The van der Waals surface area contributed by atoms with Crippen molar-refractivity contribution in [2.24, 2.45) is 0 Å². The van der Waals surface area contributed by atoms with Crippen LogP contribution in [0.3, 0.4) is 0 Å². The van der Waals surface area contributed by atoms with Crippen molar-refractivity contribution in [1.29, 1.82) is 5.26 Å². The van der Waals surface area contributed by atoms with E-state index in [1.807, 2.05) is 29.8 Å². The second kappa shape index (κ2) is 7.18. The summed E-state index contributed by atoms with van der Waals surface area (Å²) in [6.45, 7) is 3.21. The zero-order chi connectivity index (χ0) is 20.6. The third-order valence-corrected chi connectivity index (χ3v) is 5.93. The van der Waals surface area contributed by atoms with Gasteiger partial charge in [-0.05, 0) is 37.3 Å². The molecular formula is C21H19N5O2S. The van der Waals surface area contributed by atoms with Crippen molar-refractivity contribution in [2.75, 3.05) is 6.26 Å². The van der Waals surface area contributed by atoms with Crippen LogP contribution in [-0.4, -0.2) is 33.8 Å². The maximum atomic E-state index is 11.9. The lowest BCUT2D eigenvalue weighted by atomic mass is 10.1. The summed E-state index contributed by atoms with van der Waals surface area (Å²) in [6, 6.07) is 14.5. The molecule has 8 heteroatoms. The Bertz CT molecular complexity index is 1360. The van der Waals surface area contributed by atoms with Gasteiger partial charge in [-0.1, -0.05) is 12.1 Å². The first-order chi connectivity index (χ1) is 13.9. The van der Waals surface area contributed by atoms with Crippen LogP contribution >= 0.6 is 0 Å². The molecule has 0 aliphatic heterocycles. The van der Waals surface area contributed by atoms with Gasteiger partial charge in [-0.15, -0.1) is 0 Å². The number of benzene rings is 2. The molecule has 0 aliphatic rings. The largest absolute Gasteiger partial charge is 0.327 e. The van der Waals surface area contributed by atoms with Crippen molar-refractivity contribution in [3.05, 3.63) is 66.2 Å². The molecule has 0 bridgehead atoms. The number of aryl methyl sites for hydroxylation is 1. The Kier molecular flexibility index (Phi) is 4.68. The summed E-state index contributed by atoms with van der Waals surface area (Å²) in [4.78, 5) is 9.41. The lowest BCUT2D eigenvalue weighted by Gasteiger charge is -2.10. The van der Waals surface area contributed by atoms with Crippen LogP contribution in [0, 0.1) is 11.3 Å². The lowest BCUT2D eigenvalue weighted by Crippen LogP contribution is -2.08. The molecule has 4 aromatic rings. The first kappa shape index (κ1) is 18.9. The highest BCUT2D eigenvalue weighted by atomic mass is 32.2. The van der Waals surface area contributed by atoms with Crippen molar-refractivity contribution in [3.63, 3.8) is 0 Å². The van der Waals surface area contributed by atoms with E-state index >= 15 is 0 Å². The van der Waals surface area contributed by atoms with Gasteiger partial charge in [0.05, 0.1) is 34.1 Å². The molecule has 0 N–H and O–H groups in total. The lowest BCUT2D eigenvalue weighted by molar-refractivity contribution is 0.602. The Morgan fingerprint density at radius 2 is 2.00 bits per heavy atom. The van der Waals surface area contributed by atoms with Gasteiger partial charge in [0.15, 0.2) is 9.84 Å². The van der Waals surface area contributed by atoms with Crippen LogP contribution in [0.4, 0.5) is 0 Å². The summed E-state index contributed by atoms with van der Waals surface area (Å²) in [5.74, 6) is 1.55. The number of fused-ring (bicyclic) bond motifs is 1. The number of imidazole rings is 2. The highest BCUT2D eigenvalue weighted by molar-refractivity contribution is 7.90. The molecule has 0 saturated carbocycles. The van der Waals surface area contributed by atoms with Crippen LogP contribution in [0.5, 0.6) is 0 Å². The Hall–Kier alpha value is -3.44. The minimum atomic E-state index is -3.29. The number of nitrogens with zero attached hydrogens (tertiary/aromatic N) is 5. The average Bonchev–Trinajstić information content (AvgIpc) is 3.30. The summed E-state index contributed by atoms with van der Waals surface area (Å²) in [5, 5.41) is 9.16. The van der Waals surface area contributed by atoms with Crippen molar-refractivity contribution >= 4 is 20.9 Å². The molecule has 0 unspecified atom stereocenters. The van der Waals surface area contributed by atoms with Crippen LogP contribution in [0.2, 0.25) is 0 Å². The molecule has 0 fully saturated rings. The van der Waals surface area contributed by atoms with Crippen molar-refractivity contribution in [3.8, 4) is 17.5 Å². The number of aromatic nitrogens is 4. The first-order valence-corrected chi connectivity index (χ1v) is 11.0. The fraction of sp³-hybridized carbons (Fsp3) is 0.190. The molecule has 7 nitrogen and oxygen atoms in total. The molecule has 146 valence electrons. The normalized spacial score (nSPS) is 11.6.